The van der Waals surface area contributed by atoms with Crippen LogP contribution in [0.25, 0.3) is 0 Å². The fraction of sp³-hybridized carbons (Fsp3) is 0.524. The first-order valence-corrected chi connectivity index (χ1v) is 10.0. The summed E-state index contributed by atoms with van der Waals surface area (Å²) in [5.74, 6) is 1.52. The first-order chi connectivity index (χ1) is 13.1. The predicted octanol–water partition coefficient (Wildman–Crippen LogP) is 3.88. The molecule has 146 valence electrons. The lowest BCUT2D eigenvalue weighted by molar-refractivity contribution is 0.313. The van der Waals surface area contributed by atoms with E-state index in [-0.39, 0.29) is 0 Å². The monoisotopic (exact) mass is 368 g/mol. The number of hydrogen-bond acceptors (Lipinski definition) is 6. The van der Waals surface area contributed by atoms with Gasteiger partial charge >= 0.3 is 0 Å². The Morgan fingerprint density at radius 3 is 2.44 bits per heavy atom. The van der Waals surface area contributed by atoms with Gasteiger partial charge in [-0.05, 0) is 44.7 Å². The van der Waals surface area contributed by atoms with Gasteiger partial charge < -0.3 is 20.4 Å². The van der Waals surface area contributed by atoms with E-state index in [0.717, 1.165) is 56.3 Å². The molecule has 1 aliphatic heterocycles. The van der Waals surface area contributed by atoms with Crippen LogP contribution < -0.4 is 15.5 Å². The Labute approximate surface area is 163 Å². The second-order valence-electron chi connectivity index (χ2n) is 7.31. The van der Waals surface area contributed by atoms with Crippen LogP contribution in [0.3, 0.4) is 0 Å². The zero-order valence-corrected chi connectivity index (χ0v) is 16.8. The third-order valence-corrected chi connectivity index (χ3v) is 4.93. The van der Waals surface area contributed by atoms with Crippen molar-refractivity contribution in [2.24, 2.45) is 0 Å². The minimum atomic E-state index is 0.697. The molecule has 27 heavy (non-hydrogen) atoms. The van der Waals surface area contributed by atoms with E-state index in [2.05, 4.69) is 68.6 Å². The van der Waals surface area contributed by atoms with Crippen molar-refractivity contribution in [1.82, 2.24) is 14.9 Å². The van der Waals surface area contributed by atoms with Gasteiger partial charge in [0.1, 0.15) is 5.82 Å². The van der Waals surface area contributed by atoms with Gasteiger partial charge in [0.25, 0.3) is 0 Å². The zero-order chi connectivity index (χ0) is 19.1. The molecular weight excluding hydrogens is 336 g/mol. The van der Waals surface area contributed by atoms with Crippen LogP contribution in [-0.2, 0) is 0 Å². The smallest absolute Gasteiger partial charge is 0.224 e. The van der Waals surface area contributed by atoms with E-state index >= 15 is 0 Å². The number of likely N-dealkylation sites (N-methyl/N-ethyl adjacent to an activating group) is 1. The standard InChI is InChI=1S/C21H32N6/c1-4-5-6-11-22-21-23-17(2)16-20(25-21)24-18-7-9-19(10-8-18)27-14-12-26(3)13-15-27/h7-10,16H,4-6,11-15H2,1-3H3,(H2,22,23,24,25). The van der Waals surface area contributed by atoms with E-state index in [1.165, 1.54) is 18.5 Å². The highest BCUT2D eigenvalue weighted by Crippen LogP contribution is 2.22. The summed E-state index contributed by atoms with van der Waals surface area (Å²) in [5.41, 5.74) is 3.29. The van der Waals surface area contributed by atoms with Crippen LogP contribution in [0.2, 0.25) is 0 Å². The van der Waals surface area contributed by atoms with E-state index in [4.69, 9.17) is 0 Å². The zero-order valence-electron chi connectivity index (χ0n) is 16.8. The van der Waals surface area contributed by atoms with Gasteiger partial charge in [-0.1, -0.05) is 19.8 Å². The third-order valence-electron chi connectivity index (χ3n) is 4.93. The molecule has 0 unspecified atom stereocenters. The maximum atomic E-state index is 4.60. The lowest BCUT2D eigenvalue weighted by Gasteiger charge is -2.34. The number of rotatable bonds is 8. The molecule has 0 bridgehead atoms. The van der Waals surface area contributed by atoms with Crippen molar-refractivity contribution in [1.29, 1.82) is 0 Å². The van der Waals surface area contributed by atoms with Gasteiger partial charge in [-0.25, -0.2) is 4.98 Å². The van der Waals surface area contributed by atoms with Crippen molar-refractivity contribution in [3.63, 3.8) is 0 Å². The maximum absolute atomic E-state index is 4.60. The highest BCUT2D eigenvalue weighted by molar-refractivity contribution is 5.61. The van der Waals surface area contributed by atoms with E-state index < -0.39 is 0 Å². The number of aryl methyl sites for hydroxylation is 1. The van der Waals surface area contributed by atoms with E-state index in [0.29, 0.717) is 5.95 Å². The summed E-state index contributed by atoms with van der Waals surface area (Å²) in [6, 6.07) is 10.6. The highest BCUT2D eigenvalue weighted by atomic mass is 15.2. The van der Waals surface area contributed by atoms with Crippen LogP contribution in [0.5, 0.6) is 0 Å². The van der Waals surface area contributed by atoms with Crippen LogP contribution in [0.4, 0.5) is 23.1 Å². The lowest BCUT2D eigenvalue weighted by atomic mass is 10.2. The van der Waals surface area contributed by atoms with Crippen molar-refractivity contribution < 1.29 is 0 Å². The largest absolute Gasteiger partial charge is 0.369 e. The Balaban J connectivity index is 1.60. The van der Waals surface area contributed by atoms with E-state index in [1.807, 2.05) is 13.0 Å². The molecule has 1 aromatic heterocycles. The van der Waals surface area contributed by atoms with Crippen LogP contribution in [-0.4, -0.2) is 54.6 Å². The molecule has 1 saturated heterocycles. The second kappa shape index (κ2) is 9.55. The average Bonchev–Trinajstić information content (AvgIpc) is 2.66. The van der Waals surface area contributed by atoms with Crippen molar-refractivity contribution in [2.45, 2.75) is 33.1 Å². The van der Waals surface area contributed by atoms with Crippen LogP contribution in [0, 0.1) is 6.92 Å². The molecule has 0 saturated carbocycles. The number of piperazine rings is 1. The molecule has 3 rings (SSSR count). The Hall–Kier alpha value is -2.34. The molecule has 6 nitrogen and oxygen atoms in total. The van der Waals surface area contributed by atoms with Gasteiger partial charge in [0, 0.05) is 55.9 Å². The van der Waals surface area contributed by atoms with E-state index in [1.54, 1.807) is 0 Å². The van der Waals surface area contributed by atoms with Gasteiger partial charge in [-0.2, -0.15) is 4.98 Å². The van der Waals surface area contributed by atoms with Crippen molar-refractivity contribution >= 4 is 23.1 Å². The Bertz CT molecular complexity index is 707. The number of nitrogens with zero attached hydrogens (tertiary/aromatic N) is 4. The summed E-state index contributed by atoms with van der Waals surface area (Å²) in [7, 11) is 2.18. The first kappa shape index (κ1) is 19.4. The summed E-state index contributed by atoms with van der Waals surface area (Å²) in [6.45, 7) is 9.53. The summed E-state index contributed by atoms with van der Waals surface area (Å²) in [6.07, 6.45) is 3.58. The molecule has 0 amide bonds. The maximum Gasteiger partial charge on any atom is 0.224 e. The summed E-state index contributed by atoms with van der Waals surface area (Å²) in [5, 5.41) is 6.74. The summed E-state index contributed by atoms with van der Waals surface area (Å²) in [4.78, 5) is 13.9. The number of unbranched alkanes of at least 4 members (excludes halogenated alkanes) is 2. The molecule has 2 heterocycles. The highest BCUT2D eigenvalue weighted by Gasteiger charge is 2.14. The Morgan fingerprint density at radius 1 is 1.00 bits per heavy atom. The number of anilines is 4. The van der Waals surface area contributed by atoms with Crippen LogP contribution in [0.15, 0.2) is 30.3 Å². The molecule has 0 radical (unpaired) electrons. The first-order valence-electron chi connectivity index (χ1n) is 10.0. The number of aromatic nitrogens is 2. The minimum absolute atomic E-state index is 0.697. The molecule has 1 aliphatic rings. The van der Waals surface area contributed by atoms with Gasteiger partial charge in [-0.15, -0.1) is 0 Å². The topological polar surface area (TPSA) is 56.3 Å². The predicted molar refractivity (Wildman–Crippen MR) is 114 cm³/mol. The molecule has 6 heteroatoms. The number of hydrogen-bond donors (Lipinski definition) is 2. The fourth-order valence-electron chi connectivity index (χ4n) is 3.25. The van der Waals surface area contributed by atoms with Crippen LogP contribution >= 0.6 is 0 Å². The lowest BCUT2D eigenvalue weighted by Crippen LogP contribution is -2.44. The van der Waals surface area contributed by atoms with Crippen molar-refractivity contribution in [3.05, 3.63) is 36.0 Å². The van der Waals surface area contributed by atoms with E-state index in [9.17, 15) is 0 Å². The molecule has 0 aliphatic carbocycles. The molecule has 2 aromatic rings. The van der Waals surface area contributed by atoms with Crippen molar-refractivity contribution in [3.8, 4) is 0 Å². The molecular formula is C21H32N6. The number of nitrogens with one attached hydrogen (secondary N) is 2. The van der Waals surface area contributed by atoms with Gasteiger partial charge in [0.15, 0.2) is 0 Å². The second-order valence-corrected chi connectivity index (χ2v) is 7.31. The Morgan fingerprint density at radius 2 is 1.74 bits per heavy atom. The molecule has 2 N–H and O–H groups in total. The molecule has 1 aromatic carbocycles. The third kappa shape index (κ3) is 5.82. The van der Waals surface area contributed by atoms with Crippen LogP contribution in [0.1, 0.15) is 31.9 Å². The number of benzene rings is 1. The molecule has 0 atom stereocenters. The summed E-state index contributed by atoms with van der Waals surface area (Å²) < 4.78 is 0. The Kier molecular flexibility index (Phi) is 6.87. The quantitative estimate of drug-likeness (QED) is 0.690. The average molecular weight is 369 g/mol. The SMILES string of the molecule is CCCCCNc1nc(C)cc(Nc2ccc(N3CCN(C)CC3)cc2)n1. The summed E-state index contributed by atoms with van der Waals surface area (Å²) >= 11 is 0. The molecule has 0 spiro atoms. The van der Waals surface area contributed by atoms with Gasteiger partial charge in [0.2, 0.25) is 5.95 Å². The normalized spacial score (nSPS) is 15.0. The van der Waals surface area contributed by atoms with Gasteiger partial charge in [0.05, 0.1) is 0 Å². The van der Waals surface area contributed by atoms with Crippen molar-refractivity contribution in [2.75, 3.05) is 55.3 Å². The fourth-order valence-corrected chi connectivity index (χ4v) is 3.25. The minimum Gasteiger partial charge on any atom is -0.369 e. The molecule has 1 fully saturated rings. The van der Waals surface area contributed by atoms with Gasteiger partial charge in [-0.3, -0.25) is 0 Å².